The van der Waals surface area contributed by atoms with Crippen molar-refractivity contribution in [2.75, 3.05) is 0 Å². The Morgan fingerprint density at radius 2 is 1.68 bits per heavy atom. The molecule has 160 valence electrons. The van der Waals surface area contributed by atoms with Crippen LogP contribution in [-0.2, 0) is 22.6 Å². The number of hydrogen-bond acceptors (Lipinski definition) is 3. The van der Waals surface area contributed by atoms with Crippen LogP contribution in [0, 0.1) is 5.92 Å². The summed E-state index contributed by atoms with van der Waals surface area (Å²) in [6.45, 7) is 0.456. The molecule has 3 aliphatic rings. The normalized spacial score (nSPS) is 26.0. The van der Waals surface area contributed by atoms with Gasteiger partial charge in [-0.3, -0.25) is 19.7 Å². The molecule has 1 unspecified atom stereocenters. The lowest BCUT2D eigenvalue weighted by Gasteiger charge is -2.29. The van der Waals surface area contributed by atoms with Crippen molar-refractivity contribution in [2.24, 2.45) is 5.92 Å². The van der Waals surface area contributed by atoms with Gasteiger partial charge in [0, 0.05) is 18.5 Å². The lowest BCUT2D eigenvalue weighted by Crippen LogP contribution is -2.52. The summed E-state index contributed by atoms with van der Waals surface area (Å²) >= 11 is 0. The van der Waals surface area contributed by atoms with E-state index < -0.39 is 6.04 Å². The van der Waals surface area contributed by atoms with Crippen molar-refractivity contribution >= 4 is 17.7 Å². The molecule has 2 heterocycles. The molecule has 0 aromatic heterocycles. The summed E-state index contributed by atoms with van der Waals surface area (Å²) in [4.78, 5) is 38.2. The Kier molecular flexibility index (Phi) is 5.34. The van der Waals surface area contributed by atoms with Crippen LogP contribution < -0.4 is 5.32 Å². The fraction of sp³-hybridized carbons (Fsp3) is 0.423. The molecule has 1 atom stereocenters. The number of nitrogens with one attached hydrogen (secondary N) is 1. The summed E-state index contributed by atoms with van der Waals surface area (Å²) in [6.07, 6.45) is 6.68. The van der Waals surface area contributed by atoms with Crippen LogP contribution in [0.2, 0.25) is 0 Å². The van der Waals surface area contributed by atoms with E-state index in [4.69, 9.17) is 0 Å². The van der Waals surface area contributed by atoms with Crippen LogP contribution in [0.25, 0.3) is 0 Å². The topological polar surface area (TPSA) is 66.5 Å². The molecule has 2 aromatic rings. The van der Waals surface area contributed by atoms with E-state index in [2.05, 4.69) is 47.8 Å². The first-order chi connectivity index (χ1) is 15.1. The standard InChI is InChI=1S/C26H28N2O3/c29-24-13-12-23(25(30)27-24)28-16-21-15-20(10-11-22(21)26(28)31)19-8-6-18(7-9-19)14-17-4-2-1-3-5-17/h1-5,10-11,15,18-19,23H,6-9,12-14,16H2,(H,27,29,30). The van der Waals surface area contributed by atoms with Gasteiger partial charge in [-0.05, 0) is 73.1 Å². The van der Waals surface area contributed by atoms with Crippen molar-refractivity contribution in [2.45, 2.75) is 63.5 Å². The number of fused-ring (bicyclic) bond motifs is 1. The number of amides is 3. The van der Waals surface area contributed by atoms with Crippen LogP contribution in [0.5, 0.6) is 0 Å². The minimum atomic E-state index is -0.547. The van der Waals surface area contributed by atoms with Crippen molar-refractivity contribution in [3.63, 3.8) is 0 Å². The molecule has 1 N–H and O–H groups in total. The highest BCUT2D eigenvalue weighted by molar-refractivity contribution is 6.05. The number of imide groups is 1. The summed E-state index contributed by atoms with van der Waals surface area (Å²) < 4.78 is 0. The second kappa shape index (κ2) is 8.29. The number of piperidine rings is 1. The molecule has 2 fully saturated rings. The zero-order chi connectivity index (χ0) is 21.4. The second-order valence-electron chi connectivity index (χ2n) is 9.22. The van der Waals surface area contributed by atoms with E-state index in [9.17, 15) is 14.4 Å². The third-order valence-corrected chi connectivity index (χ3v) is 7.23. The van der Waals surface area contributed by atoms with E-state index in [1.54, 1.807) is 4.90 Å². The number of carbonyl (C=O) groups is 3. The Morgan fingerprint density at radius 1 is 0.903 bits per heavy atom. The highest BCUT2D eigenvalue weighted by Gasteiger charge is 2.39. The molecular weight excluding hydrogens is 388 g/mol. The molecule has 3 amide bonds. The summed E-state index contributed by atoms with van der Waals surface area (Å²) in [7, 11) is 0. The highest BCUT2D eigenvalue weighted by Crippen LogP contribution is 2.39. The lowest BCUT2D eigenvalue weighted by atomic mass is 9.76. The third-order valence-electron chi connectivity index (χ3n) is 7.23. The summed E-state index contributed by atoms with van der Waals surface area (Å²) in [5, 5.41) is 2.37. The van der Waals surface area contributed by atoms with Crippen molar-refractivity contribution in [1.82, 2.24) is 10.2 Å². The summed E-state index contributed by atoms with van der Waals surface area (Å²) in [5.41, 5.74) is 4.45. The van der Waals surface area contributed by atoms with Crippen molar-refractivity contribution in [1.29, 1.82) is 0 Å². The van der Waals surface area contributed by atoms with Gasteiger partial charge in [-0.15, -0.1) is 0 Å². The molecule has 0 bridgehead atoms. The van der Waals surface area contributed by atoms with Gasteiger partial charge in [-0.1, -0.05) is 42.5 Å². The maximum absolute atomic E-state index is 12.9. The number of nitrogens with zero attached hydrogens (tertiary/aromatic N) is 1. The van der Waals surface area contributed by atoms with Crippen molar-refractivity contribution in [3.05, 3.63) is 70.8 Å². The fourth-order valence-electron chi connectivity index (χ4n) is 5.50. The Morgan fingerprint density at radius 3 is 2.42 bits per heavy atom. The van der Waals surface area contributed by atoms with E-state index >= 15 is 0 Å². The SMILES string of the molecule is O=C1CCC(N2Cc3cc(C4CCC(Cc5ccccc5)CC4)ccc3C2=O)C(=O)N1. The maximum atomic E-state index is 12.9. The largest absolute Gasteiger partial charge is 0.322 e. The highest BCUT2D eigenvalue weighted by atomic mass is 16.2. The van der Waals surface area contributed by atoms with Crippen LogP contribution in [0.4, 0.5) is 0 Å². The average Bonchev–Trinajstić information content (AvgIpc) is 3.10. The molecule has 2 aromatic carbocycles. The van der Waals surface area contributed by atoms with Crippen LogP contribution in [0.15, 0.2) is 48.5 Å². The Hall–Kier alpha value is -2.95. The van der Waals surface area contributed by atoms with Crippen LogP contribution in [-0.4, -0.2) is 28.7 Å². The van der Waals surface area contributed by atoms with Gasteiger partial charge in [0.25, 0.3) is 5.91 Å². The van der Waals surface area contributed by atoms with Gasteiger partial charge in [-0.25, -0.2) is 0 Å². The van der Waals surface area contributed by atoms with Crippen molar-refractivity contribution in [3.8, 4) is 0 Å². The van der Waals surface area contributed by atoms with E-state index in [-0.39, 0.29) is 24.1 Å². The minimum absolute atomic E-state index is 0.0948. The fourth-order valence-corrected chi connectivity index (χ4v) is 5.50. The van der Waals surface area contributed by atoms with Crippen LogP contribution >= 0.6 is 0 Å². The second-order valence-corrected chi connectivity index (χ2v) is 9.22. The third kappa shape index (κ3) is 4.01. The molecular formula is C26H28N2O3. The van der Waals surface area contributed by atoms with Gasteiger partial charge in [0.15, 0.2) is 0 Å². The minimum Gasteiger partial charge on any atom is -0.322 e. The number of hydrogen-bond donors (Lipinski definition) is 1. The molecule has 1 aliphatic carbocycles. The smallest absolute Gasteiger partial charge is 0.255 e. The molecule has 5 nitrogen and oxygen atoms in total. The average molecular weight is 417 g/mol. The molecule has 31 heavy (non-hydrogen) atoms. The molecule has 1 saturated carbocycles. The zero-order valence-electron chi connectivity index (χ0n) is 17.7. The Bertz CT molecular complexity index is 1010. The van der Waals surface area contributed by atoms with E-state index in [0.29, 0.717) is 24.4 Å². The Balaban J connectivity index is 1.24. The van der Waals surface area contributed by atoms with Crippen LogP contribution in [0.1, 0.15) is 71.5 Å². The lowest BCUT2D eigenvalue weighted by molar-refractivity contribution is -0.136. The molecule has 0 radical (unpaired) electrons. The summed E-state index contributed by atoms with van der Waals surface area (Å²) in [6, 6.07) is 16.4. The quantitative estimate of drug-likeness (QED) is 0.767. The van der Waals surface area contributed by atoms with Gasteiger partial charge in [0.05, 0.1) is 0 Å². The first kappa shape index (κ1) is 20.0. The predicted octanol–water partition coefficient (Wildman–Crippen LogP) is 3.96. The maximum Gasteiger partial charge on any atom is 0.255 e. The molecule has 0 spiro atoms. The first-order valence-corrected chi connectivity index (χ1v) is 11.4. The molecule has 1 saturated heterocycles. The monoisotopic (exact) mass is 416 g/mol. The molecule has 5 rings (SSSR count). The van der Waals surface area contributed by atoms with Gasteiger partial charge < -0.3 is 4.90 Å². The molecule has 2 aliphatic heterocycles. The summed E-state index contributed by atoms with van der Waals surface area (Å²) in [5.74, 6) is 0.585. The Labute approximate surface area is 182 Å². The number of rotatable bonds is 4. The van der Waals surface area contributed by atoms with Gasteiger partial charge in [0.2, 0.25) is 11.8 Å². The van der Waals surface area contributed by atoms with E-state index in [1.165, 1.54) is 36.8 Å². The van der Waals surface area contributed by atoms with Crippen molar-refractivity contribution < 1.29 is 14.4 Å². The number of benzene rings is 2. The number of carbonyl (C=O) groups excluding carboxylic acids is 3. The first-order valence-electron chi connectivity index (χ1n) is 11.4. The zero-order valence-corrected chi connectivity index (χ0v) is 17.7. The van der Waals surface area contributed by atoms with Crippen LogP contribution in [0.3, 0.4) is 0 Å². The predicted molar refractivity (Wildman–Crippen MR) is 117 cm³/mol. The van der Waals surface area contributed by atoms with Gasteiger partial charge in [-0.2, -0.15) is 0 Å². The molecule has 5 heteroatoms. The van der Waals surface area contributed by atoms with E-state index in [0.717, 1.165) is 17.9 Å². The van der Waals surface area contributed by atoms with E-state index in [1.807, 2.05) is 6.07 Å². The van der Waals surface area contributed by atoms with Gasteiger partial charge in [0.1, 0.15) is 6.04 Å². The van der Waals surface area contributed by atoms with Gasteiger partial charge >= 0.3 is 0 Å².